The monoisotopic (exact) mass is 510 g/mol. The van der Waals surface area contributed by atoms with Gasteiger partial charge in [-0.1, -0.05) is 88.1 Å². The summed E-state index contributed by atoms with van der Waals surface area (Å²) in [5.41, 5.74) is 2.96. The standard InChI is InChI=1S/C14H22.2C9H7.Zr/c1-3-5-9-13-11-7-8-12-14(13)10-6-4-2;2*1-2-5-9-7-3-6-8(9)4-1;/h3-8,11-12H2,1-2H3;2*1-7H;/q-2;;;+4. The van der Waals surface area contributed by atoms with E-state index in [1.54, 1.807) is 0 Å². The van der Waals surface area contributed by atoms with Gasteiger partial charge in [-0.15, -0.1) is 25.7 Å². The molecular formula is C32H36Zr+2. The minimum absolute atomic E-state index is 0. The van der Waals surface area contributed by atoms with Crippen molar-refractivity contribution in [1.82, 2.24) is 0 Å². The van der Waals surface area contributed by atoms with Crippen molar-refractivity contribution in [2.45, 2.75) is 65.2 Å². The zero-order valence-electron chi connectivity index (χ0n) is 20.2. The third-order valence-electron chi connectivity index (χ3n) is 5.74. The summed E-state index contributed by atoms with van der Waals surface area (Å²) in [5.74, 6) is 5.32. The van der Waals surface area contributed by atoms with Gasteiger partial charge < -0.3 is 23.3 Å². The molecule has 1 heteroatoms. The minimum atomic E-state index is 0. The molecule has 0 amide bonds. The molecule has 0 nitrogen and oxygen atoms in total. The molecule has 0 N–H and O–H groups in total. The summed E-state index contributed by atoms with van der Waals surface area (Å²) in [7, 11) is 0. The van der Waals surface area contributed by atoms with Gasteiger partial charge in [0.1, 0.15) is 0 Å². The Bertz CT molecular complexity index is 619. The van der Waals surface area contributed by atoms with Gasteiger partial charge in [-0.2, -0.15) is 0 Å². The number of allylic oxidation sites excluding steroid dienone is 12. The molecule has 0 aromatic carbocycles. The molecule has 5 aliphatic carbocycles. The number of hydrogen-bond donors (Lipinski definition) is 0. The Labute approximate surface area is 224 Å². The second kappa shape index (κ2) is 16.9. The Morgan fingerprint density at radius 3 is 1.21 bits per heavy atom. The van der Waals surface area contributed by atoms with Gasteiger partial charge in [-0.25, -0.2) is 0 Å². The van der Waals surface area contributed by atoms with Gasteiger partial charge in [0.2, 0.25) is 0 Å². The van der Waals surface area contributed by atoms with Crippen molar-refractivity contribution in [3.63, 3.8) is 0 Å². The minimum Gasteiger partial charge on any atom is -0.373 e. The molecule has 3 fully saturated rings. The Hall–Kier alpha value is -0.677. The van der Waals surface area contributed by atoms with Crippen LogP contribution in [0.1, 0.15) is 65.2 Å². The average molecular weight is 512 g/mol. The Kier molecular flexibility index (Phi) is 14.6. The molecule has 0 bridgehead atoms. The van der Waals surface area contributed by atoms with Crippen LogP contribution in [0.4, 0.5) is 0 Å². The van der Waals surface area contributed by atoms with Crippen LogP contribution in [-0.2, 0) is 26.2 Å². The summed E-state index contributed by atoms with van der Waals surface area (Å²) in [6, 6.07) is 0. The maximum absolute atomic E-state index is 3.55. The van der Waals surface area contributed by atoms with Gasteiger partial charge in [-0.05, 0) is 38.5 Å². The van der Waals surface area contributed by atoms with Gasteiger partial charge >= 0.3 is 26.2 Å². The topological polar surface area (TPSA) is 0 Å². The smallest absolute Gasteiger partial charge is 0.373 e. The van der Waals surface area contributed by atoms with Crippen molar-refractivity contribution in [2.75, 3.05) is 0 Å². The summed E-state index contributed by atoms with van der Waals surface area (Å²) in [6.45, 7) is 4.44. The summed E-state index contributed by atoms with van der Waals surface area (Å²) < 4.78 is 0. The Morgan fingerprint density at radius 1 is 0.576 bits per heavy atom. The first-order chi connectivity index (χ1) is 15.8. The van der Waals surface area contributed by atoms with Crippen molar-refractivity contribution in [2.24, 2.45) is 0 Å². The molecule has 0 heterocycles. The predicted octanol–water partition coefficient (Wildman–Crippen LogP) is 8.39. The van der Waals surface area contributed by atoms with Crippen LogP contribution in [0.2, 0.25) is 0 Å². The Balaban J connectivity index is 0.000000178. The molecule has 0 atom stereocenters. The first-order valence-electron chi connectivity index (χ1n) is 12.2. The van der Waals surface area contributed by atoms with E-state index in [1.165, 1.54) is 73.3 Å². The third kappa shape index (κ3) is 9.84. The zero-order chi connectivity index (χ0) is 22.4. The molecule has 5 rings (SSSR count). The number of fused-ring (bicyclic) bond motifs is 2. The van der Waals surface area contributed by atoms with Crippen LogP contribution in [0.5, 0.6) is 0 Å². The van der Waals surface area contributed by atoms with E-state index in [1.807, 2.05) is 0 Å². The third-order valence-corrected chi connectivity index (χ3v) is 5.74. The largest absolute Gasteiger partial charge is 4.00 e. The van der Waals surface area contributed by atoms with Gasteiger partial charge in [0.25, 0.3) is 0 Å². The fourth-order valence-corrected chi connectivity index (χ4v) is 3.99. The summed E-state index contributed by atoms with van der Waals surface area (Å²) in [6.07, 6.45) is 46.3. The fraction of sp³-hybridized carbons (Fsp3) is 0.312. The molecule has 0 aliphatic heterocycles. The molecule has 10 radical (unpaired) electrons. The van der Waals surface area contributed by atoms with Crippen molar-refractivity contribution in [3.8, 4) is 0 Å². The van der Waals surface area contributed by atoms with E-state index >= 15 is 0 Å². The summed E-state index contributed by atoms with van der Waals surface area (Å²) in [5, 5.41) is 0. The van der Waals surface area contributed by atoms with Gasteiger partial charge in [0.15, 0.2) is 0 Å². The molecule has 166 valence electrons. The molecule has 5 aliphatic rings. The molecule has 0 aromatic heterocycles. The van der Waals surface area contributed by atoms with Crippen LogP contribution in [0.15, 0.2) is 59.8 Å². The number of rotatable bonds is 4. The normalized spacial score (nSPS) is 24.7. The van der Waals surface area contributed by atoms with Crippen LogP contribution in [0.3, 0.4) is 0 Å². The number of unbranched alkanes of at least 4 members (excludes halogenated alkanes) is 2. The van der Waals surface area contributed by atoms with E-state index < -0.39 is 0 Å². The molecule has 0 spiro atoms. The first kappa shape index (κ1) is 28.6. The predicted molar refractivity (Wildman–Crippen MR) is 137 cm³/mol. The molecular weight excluding hydrogens is 476 g/mol. The second-order valence-corrected chi connectivity index (χ2v) is 8.33. The van der Waals surface area contributed by atoms with Crippen LogP contribution in [0, 0.1) is 74.3 Å². The van der Waals surface area contributed by atoms with E-state index in [0.29, 0.717) is 0 Å². The van der Waals surface area contributed by atoms with E-state index in [4.69, 9.17) is 0 Å². The summed E-state index contributed by atoms with van der Waals surface area (Å²) in [4.78, 5) is 0. The SMILES string of the molecule is CCC[C-]=C1CCCCC1=[C-]CCC.[CH]1[CH][C]2C=CC=C[C]2[CH]1.[CH]1[CH][C]2C=CC=C[C]2[CH]1.[Zr+4]. The second-order valence-electron chi connectivity index (χ2n) is 8.33. The molecule has 3 saturated carbocycles. The van der Waals surface area contributed by atoms with Crippen LogP contribution >= 0.6 is 0 Å². The van der Waals surface area contributed by atoms with Crippen LogP contribution < -0.4 is 0 Å². The zero-order valence-corrected chi connectivity index (χ0v) is 22.7. The van der Waals surface area contributed by atoms with E-state index in [-0.39, 0.29) is 26.2 Å². The first-order valence-corrected chi connectivity index (χ1v) is 12.2. The van der Waals surface area contributed by atoms with Crippen LogP contribution in [0.25, 0.3) is 0 Å². The quantitative estimate of drug-likeness (QED) is 0.332. The molecule has 0 aromatic rings. The number of hydrogen-bond acceptors (Lipinski definition) is 0. The van der Waals surface area contributed by atoms with E-state index in [2.05, 4.69) is 113 Å². The van der Waals surface area contributed by atoms with Gasteiger partial charge in [0, 0.05) is 23.7 Å². The molecule has 0 unspecified atom stereocenters. The van der Waals surface area contributed by atoms with Crippen molar-refractivity contribution >= 4 is 0 Å². The van der Waals surface area contributed by atoms with E-state index in [9.17, 15) is 0 Å². The van der Waals surface area contributed by atoms with Gasteiger partial charge in [0.05, 0.1) is 0 Å². The fourth-order valence-electron chi connectivity index (χ4n) is 3.99. The van der Waals surface area contributed by atoms with Crippen molar-refractivity contribution in [3.05, 3.63) is 134 Å². The van der Waals surface area contributed by atoms with Gasteiger partial charge in [-0.3, -0.25) is 0 Å². The maximum Gasteiger partial charge on any atom is 4.00 e. The van der Waals surface area contributed by atoms with Crippen molar-refractivity contribution in [1.29, 1.82) is 0 Å². The van der Waals surface area contributed by atoms with Crippen molar-refractivity contribution < 1.29 is 26.2 Å². The summed E-state index contributed by atoms with van der Waals surface area (Å²) >= 11 is 0. The average Bonchev–Trinajstić information content (AvgIpc) is 3.52. The molecule has 0 saturated heterocycles. The molecule has 33 heavy (non-hydrogen) atoms. The van der Waals surface area contributed by atoms with E-state index in [0.717, 1.165) is 12.8 Å². The maximum atomic E-state index is 3.55. The Morgan fingerprint density at radius 2 is 0.909 bits per heavy atom. The van der Waals surface area contributed by atoms with Crippen LogP contribution in [-0.4, -0.2) is 0 Å².